The van der Waals surface area contributed by atoms with E-state index in [1.165, 1.54) is 18.2 Å². The molecule has 8 nitrogen and oxygen atoms in total. The number of furan rings is 1. The number of carbonyl (C=O) groups is 2. The Hall–Kier alpha value is -3.39. The fourth-order valence-electron chi connectivity index (χ4n) is 2.23. The summed E-state index contributed by atoms with van der Waals surface area (Å²) < 4.78 is 10.2. The number of esters is 1. The largest absolute Gasteiger partial charge is 0.450 e. The number of anilines is 1. The number of nitrogens with zero attached hydrogens (tertiary/aromatic N) is 1. The number of carbonyl (C=O) groups excluding carboxylic acids is 2. The van der Waals surface area contributed by atoms with Crippen LogP contribution in [-0.2, 0) is 9.53 Å². The average Bonchev–Trinajstić information content (AvgIpc) is 3.05. The van der Waals surface area contributed by atoms with Crippen molar-refractivity contribution in [1.82, 2.24) is 0 Å². The minimum Gasteiger partial charge on any atom is -0.450 e. The van der Waals surface area contributed by atoms with Gasteiger partial charge in [-0.1, -0.05) is 29.8 Å². The van der Waals surface area contributed by atoms with E-state index < -0.39 is 23.4 Å². The molecule has 26 heavy (non-hydrogen) atoms. The van der Waals surface area contributed by atoms with Gasteiger partial charge in [-0.2, -0.15) is 0 Å². The van der Waals surface area contributed by atoms with Crippen LogP contribution in [-0.4, -0.2) is 23.4 Å². The van der Waals surface area contributed by atoms with Gasteiger partial charge < -0.3 is 14.5 Å². The number of amides is 1. The molecular formula is C17H11ClN2O6. The summed E-state index contributed by atoms with van der Waals surface area (Å²) in [4.78, 5) is 34.2. The number of hydrogen-bond acceptors (Lipinski definition) is 6. The number of rotatable bonds is 5. The predicted octanol–water partition coefficient (Wildman–Crippen LogP) is 3.79. The highest BCUT2D eigenvalue weighted by Gasteiger charge is 2.19. The Kier molecular flexibility index (Phi) is 4.85. The maximum absolute atomic E-state index is 12.0. The lowest BCUT2D eigenvalue weighted by atomic mass is 10.2. The molecule has 1 heterocycles. The number of benzene rings is 2. The van der Waals surface area contributed by atoms with E-state index in [-0.39, 0.29) is 22.2 Å². The molecule has 0 radical (unpaired) electrons. The molecule has 0 fully saturated rings. The molecule has 3 aromatic rings. The second kappa shape index (κ2) is 7.24. The Labute approximate surface area is 151 Å². The Bertz CT molecular complexity index is 980. The van der Waals surface area contributed by atoms with Crippen molar-refractivity contribution in [2.24, 2.45) is 0 Å². The third-order valence-corrected chi connectivity index (χ3v) is 3.63. The fourth-order valence-corrected chi connectivity index (χ4v) is 2.40. The molecule has 0 saturated heterocycles. The van der Waals surface area contributed by atoms with E-state index in [2.05, 4.69) is 5.32 Å². The lowest BCUT2D eigenvalue weighted by Gasteiger charge is -2.06. The normalized spacial score (nSPS) is 10.5. The zero-order valence-electron chi connectivity index (χ0n) is 13.1. The molecule has 1 aromatic heterocycles. The van der Waals surface area contributed by atoms with Crippen LogP contribution in [0, 0.1) is 10.1 Å². The minimum absolute atomic E-state index is 0.0449. The molecule has 1 N–H and O–H groups in total. The lowest BCUT2D eigenvalue weighted by molar-refractivity contribution is -0.383. The van der Waals surface area contributed by atoms with Crippen LogP contribution in [0.4, 0.5) is 11.4 Å². The maximum atomic E-state index is 12.0. The standard InChI is InChI=1S/C17H11ClN2O6/c18-11-5-6-12(13(8-11)20(23)24)19-16(21)9-25-17(22)15-7-10-3-1-2-4-14(10)26-15/h1-8H,9H2,(H,19,21). The van der Waals surface area contributed by atoms with Crippen molar-refractivity contribution < 1.29 is 23.7 Å². The first-order valence-corrected chi connectivity index (χ1v) is 7.71. The molecule has 9 heteroatoms. The topological polar surface area (TPSA) is 112 Å². The average molecular weight is 375 g/mol. The van der Waals surface area contributed by atoms with E-state index in [1.54, 1.807) is 24.3 Å². The highest BCUT2D eigenvalue weighted by molar-refractivity contribution is 6.31. The Morgan fingerprint density at radius 1 is 1.19 bits per heavy atom. The Balaban J connectivity index is 1.64. The highest BCUT2D eigenvalue weighted by atomic mass is 35.5. The van der Waals surface area contributed by atoms with Gasteiger partial charge >= 0.3 is 5.97 Å². The zero-order valence-corrected chi connectivity index (χ0v) is 13.9. The van der Waals surface area contributed by atoms with Gasteiger partial charge in [0.1, 0.15) is 11.3 Å². The third-order valence-electron chi connectivity index (χ3n) is 3.39. The van der Waals surface area contributed by atoms with E-state index >= 15 is 0 Å². The number of ether oxygens (including phenoxy) is 1. The van der Waals surface area contributed by atoms with Crippen molar-refractivity contribution in [2.75, 3.05) is 11.9 Å². The van der Waals surface area contributed by atoms with E-state index in [4.69, 9.17) is 20.8 Å². The van der Waals surface area contributed by atoms with Gasteiger partial charge in [0.15, 0.2) is 6.61 Å². The molecule has 0 unspecified atom stereocenters. The zero-order chi connectivity index (χ0) is 18.7. The molecular weight excluding hydrogens is 364 g/mol. The Morgan fingerprint density at radius 2 is 1.96 bits per heavy atom. The number of nitro groups is 1. The summed E-state index contributed by atoms with van der Waals surface area (Å²) in [6.45, 7) is -0.629. The summed E-state index contributed by atoms with van der Waals surface area (Å²) >= 11 is 5.70. The number of nitro benzene ring substituents is 1. The van der Waals surface area contributed by atoms with Gasteiger partial charge in [0.05, 0.1) is 4.92 Å². The molecule has 0 aliphatic rings. The number of halogens is 1. The van der Waals surface area contributed by atoms with Crippen LogP contribution in [0.1, 0.15) is 10.6 Å². The fraction of sp³-hybridized carbons (Fsp3) is 0.0588. The summed E-state index contributed by atoms with van der Waals surface area (Å²) in [5, 5.41) is 14.2. The van der Waals surface area contributed by atoms with Crippen LogP contribution >= 0.6 is 11.6 Å². The van der Waals surface area contributed by atoms with Crippen molar-refractivity contribution in [1.29, 1.82) is 0 Å². The number of nitrogens with one attached hydrogen (secondary N) is 1. The molecule has 1 amide bonds. The SMILES string of the molecule is O=C(COC(=O)c1cc2ccccc2o1)Nc1ccc(Cl)cc1[N+](=O)[O-]. The molecule has 0 aliphatic heterocycles. The van der Waals surface area contributed by atoms with Gasteiger partial charge in [0.25, 0.3) is 11.6 Å². The van der Waals surface area contributed by atoms with E-state index in [1.807, 2.05) is 0 Å². The van der Waals surface area contributed by atoms with Crippen molar-refractivity contribution in [3.8, 4) is 0 Å². The van der Waals surface area contributed by atoms with Crippen molar-refractivity contribution in [3.05, 3.63) is 69.4 Å². The van der Waals surface area contributed by atoms with Crippen LogP contribution in [0.15, 0.2) is 52.9 Å². The quantitative estimate of drug-likeness (QED) is 0.413. The minimum atomic E-state index is -0.818. The predicted molar refractivity (Wildman–Crippen MR) is 93.2 cm³/mol. The second-order valence-corrected chi connectivity index (χ2v) is 5.63. The summed E-state index contributed by atoms with van der Waals surface area (Å²) in [6.07, 6.45) is 0. The van der Waals surface area contributed by atoms with Crippen molar-refractivity contribution in [3.63, 3.8) is 0 Å². The van der Waals surface area contributed by atoms with Gasteiger partial charge in [-0.3, -0.25) is 14.9 Å². The molecule has 0 saturated carbocycles. The first-order valence-electron chi connectivity index (χ1n) is 7.33. The second-order valence-electron chi connectivity index (χ2n) is 5.19. The van der Waals surface area contributed by atoms with E-state index in [9.17, 15) is 19.7 Å². The van der Waals surface area contributed by atoms with Gasteiger partial charge in [0.2, 0.25) is 5.76 Å². The summed E-state index contributed by atoms with van der Waals surface area (Å²) in [5.41, 5.74) is 0.0966. The third kappa shape index (κ3) is 3.81. The monoisotopic (exact) mass is 374 g/mol. The van der Waals surface area contributed by atoms with Crippen molar-refractivity contribution in [2.45, 2.75) is 0 Å². The maximum Gasteiger partial charge on any atom is 0.374 e. The van der Waals surface area contributed by atoms with Crippen LogP contribution < -0.4 is 5.32 Å². The van der Waals surface area contributed by atoms with Gasteiger partial charge in [-0.15, -0.1) is 0 Å². The summed E-state index contributed by atoms with van der Waals surface area (Å²) in [6, 6.07) is 12.3. The molecule has 0 aliphatic carbocycles. The number of para-hydroxylation sites is 1. The van der Waals surface area contributed by atoms with Crippen molar-refractivity contribution >= 4 is 45.8 Å². The van der Waals surface area contributed by atoms with E-state index in [0.29, 0.717) is 5.58 Å². The van der Waals surface area contributed by atoms with Crippen LogP contribution in [0.5, 0.6) is 0 Å². The summed E-state index contributed by atoms with van der Waals surface area (Å²) in [5.74, 6) is -1.60. The Morgan fingerprint density at radius 3 is 2.69 bits per heavy atom. The molecule has 0 atom stereocenters. The highest BCUT2D eigenvalue weighted by Crippen LogP contribution is 2.27. The van der Waals surface area contributed by atoms with Gasteiger partial charge in [-0.25, -0.2) is 4.79 Å². The number of hydrogen-bond donors (Lipinski definition) is 1. The van der Waals surface area contributed by atoms with Crippen LogP contribution in [0.3, 0.4) is 0 Å². The molecule has 2 aromatic carbocycles. The van der Waals surface area contributed by atoms with Crippen LogP contribution in [0.25, 0.3) is 11.0 Å². The first-order chi connectivity index (χ1) is 12.4. The van der Waals surface area contributed by atoms with Gasteiger partial charge in [-0.05, 0) is 24.3 Å². The summed E-state index contributed by atoms with van der Waals surface area (Å²) in [7, 11) is 0. The smallest absolute Gasteiger partial charge is 0.374 e. The van der Waals surface area contributed by atoms with Crippen LogP contribution in [0.2, 0.25) is 5.02 Å². The molecule has 132 valence electrons. The van der Waals surface area contributed by atoms with Gasteiger partial charge in [0, 0.05) is 16.5 Å². The number of fused-ring (bicyclic) bond motifs is 1. The van der Waals surface area contributed by atoms with E-state index in [0.717, 1.165) is 11.5 Å². The first kappa shape index (κ1) is 17.4. The molecule has 0 bridgehead atoms. The lowest BCUT2D eigenvalue weighted by Crippen LogP contribution is -2.21. The molecule has 3 rings (SSSR count). The molecule has 0 spiro atoms.